The highest BCUT2D eigenvalue weighted by Gasteiger charge is 2.08. The zero-order chi connectivity index (χ0) is 12.4. The molecule has 6 heteroatoms. The first-order valence-electron chi connectivity index (χ1n) is 4.78. The molecule has 0 aliphatic heterocycles. The van der Waals surface area contributed by atoms with Crippen LogP contribution in [0.25, 0.3) is 0 Å². The van der Waals surface area contributed by atoms with Crippen molar-refractivity contribution in [1.29, 1.82) is 0 Å². The Hall–Kier alpha value is -1.39. The van der Waals surface area contributed by atoms with E-state index in [1.807, 2.05) is 6.92 Å². The standard InChI is InChI=1S/C11H8Cl2FN3/c1-6-7(12)3-2-4-9(6)16-10-8(14)5-15-11(13)17-10/h2-5H,1H3,(H,15,16,17). The molecule has 0 spiro atoms. The molecule has 1 aromatic heterocycles. The van der Waals surface area contributed by atoms with Crippen LogP contribution in [0, 0.1) is 12.7 Å². The third-order valence-electron chi connectivity index (χ3n) is 2.24. The topological polar surface area (TPSA) is 37.8 Å². The lowest BCUT2D eigenvalue weighted by Gasteiger charge is -2.10. The Labute approximate surface area is 108 Å². The molecule has 0 atom stereocenters. The van der Waals surface area contributed by atoms with Crippen LogP contribution in [0.1, 0.15) is 5.56 Å². The number of halogens is 3. The van der Waals surface area contributed by atoms with E-state index in [1.165, 1.54) is 0 Å². The van der Waals surface area contributed by atoms with Gasteiger partial charge < -0.3 is 5.32 Å². The third kappa shape index (κ3) is 2.65. The van der Waals surface area contributed by atoms with E-state index >= 15 is 0 Å². The summed E-state index contributed by atoms with van der Waals surface area (Å²) in [6.45, 7) is 1.82. The van der Waals surface area contributed by atoms with E-state index in [4.69, 9.17) is 23.2 Å². The van der Waals surface area contributed by atoms with Crippen LogP contribution >= 0.6 is 23.2 Å². The Morgan fingerprint density at radius 3 is 2.82 bits per heavy atom. The van der Waals surface area contributed by atoms with Crippen LogP contribution in [0.15, 0.2) is 24.4 Å². The number of aromatic nitrogens is 2. The van der Waals surface area contributed by atoms with Crippen molar-refractivity contribution >= 4 is 34.7 Å². The fourth-order valence-corrected chi connectivity index (χ4v) is 1.61. The van der Waals surface area contributed by atoms with Gasteiger partial charge in [0, 0.05) is 10.7 Å². The molecule has 0 saturated heterocycles. The maximum atomic E-state index is 13.4. The van der Waals surface area contributed by atoms with Crippen LogP contribution in [-0.2, 0) is 0 Å². The quantitative estimate of drug-likeness (QED) is 0.840. The van der Waals surface area contributed by atoms with Gasteiger partial charge in [0.25, 0.3) is 0 Å². The molecule has 0 saturated carbocycles. The maximum absolute atomic E-state index is 13.4. The number of rotatable bonds is 2. The molecule has 3 nitrogen and oxygen atoms in total. The SMILES string of the molecule is Cc1c(Cl)cccc1Nc1nc(Cl)ncc1F. The Kier molecular flexibility index (Phi) is 3.45. The van der Waals surface area contributed by atoms with Crippen LogP contribution < -0.4 is 5.32 Å². The first-order valence-corrected chi connectivity index (χ1v) is 5.53. The van der Waals surface area contributed by atoms with Crippen LogP contribution in [0.3, 0.4) is 0 Å². The lowest BCUT2D eigenvalue weighted by Crippen LogP contribution is -2.00. The van der Waals surface area contributed by atoms with E-state index in [1.54, 1.807) is 18.2 Å². The van der Waals surface area contributed by atoms with Gasteiger partial charge in [0.05, 0.1) is 6.20 Å². The molecule has 2 aromatic rings. The van der Waals surface area contributed by atoms with Crippen molar-refractivity contribution < 1.29 is 4.39 Å². The normalized spacial score (nSPS) is 10.4. The molecule has 0 unspecified atom stereocenters. The largest absolute Gasteiger partial charge is 0.337 e. The highest BCUT2D eigenvalue weighted by molar-refractivity contribution is 6.31. The van der Waals surface area contributed by atoms with Gasteiger partial charge in [-0.05, 0) is 36.2 Å². The van der Waals surface area contributed by atoms with E-state index in [0.717, 1.165) is 11.8 Å². The highest BCUT2D eigenvalue weighted by Crippen LogP contribution is 2.26. The maximum Gasteiger partial charge on any atom is 0.224 e. The van der Waals surface area contributed by atoms with Gasteiger partial charge in [-0.3, -0.25) is 0 Å². The Bertz CT molecular complexity index is 560. The van der Waals surface area contributed by atoms with Gasteiger partial charge in [0.15, 0.2) is 11.6 Å². The van der Waals surface area contributed by atoms with Crippen molar-refractivity contribution in [2.24, 2.45) is 0 Å². The molecule has 0 aliphatic carbocycles. The molecule has 1 aromatic carbocycles. The number of hydrogen-bond donors (Lipinski definition) is 1. The summed E-state index contributed by atoms with van der Waals surface area (Å²) in [6.07, 6.45) is 1.01. The lowest BCUT2D eigenvalue weighted by atomic mass is 10.2. The van der Waals surface area contributed by atoms with Crippen LogP contribution in [-0.4, -0.2) is 9.97 Å². The molecule has 2 rings (SSSR count). The van der Waals surface area contributed by atoms with E-state index in [9.17, 15) is 4.39 Å². The predicted molar refractivity (Wildman–Crippen MR) is 66.5 cm³/mol. The first-order chi connectivity index (χ1) is 8.08. The zero-order valence-corrected chi connectivity index (χ0v) is 10.3. The Morgan fingerprint density at radius 2 is 2.06 bits per heavy atom. The van der Waals surface area contributed by atoms with Crippen LogP contribution in [0.4, 0.5) is 15.9 Å². The summed E-state index contributed by atoms with van der Waals surface area (Å²) in [4.78, 5) is 7.30. The summed E-state index contributed by atoms with van der Waals surface area (Å²) >= 11 is 11.6. The minimum absolute atomic E-state index is 0.0198. The van der Waals surface area contributed by atoms with Crippen molar-refractivity contribution in [2.75, 3.05) is 5.32 Å². The van der Waals surface area contributed by atoms with Crippen LogP contribution in [0.5, 0.6) is 0 Å². The van der Waals surface area contributed by atoms with Gasteiger partial charge in [-0.2, -0.15) is 4.98 Å². The van der Waals surface area contributed by atoms with Crippen molar-refractivity contribution in [3.63, 3.8) is 0 Å². The van der Waals surface area contributed by atoms with Gasteiger partial charge in [0.2, 0.25) is 5.28 Å². The smallest absolute Gasteiger partial charge is 0.224 e. The second-order valence-electron chi connectivity index (χ2n) is 3.37. The van der Waals surface area contributed by atoms with Gasteiger partial charge in [-0.1, -0.05) is 17.7 Å². The minimum Gasteiger partial charge on any atom is -0.337 e. The van der Waals surface area contributed by atoms with Crippen LogP contribution in [0.2, 0.25) is 10.3 Å². The summed E-state index contributed by atoms with van der Waals surface area (Å²) in [6, 6.07) is 5.29. The summed E-state index contributed by atoms with van der Waals surface area (Å²) in [7, 11) is 0. The second-order valence-corrected chi connectivity index (χ2v) is 4.12. The molecule has 0 amide bonds. The number of anilines is 2. The second kappa shape index (κ2) is 4.85. The molecule has 0 fully saturated rings. The molecule has 17 heavy (non-hydrogen) atoms. The minimum atomic E-state index is -0.575. The van der Waals surface area contributed by atoms with E-state index in [-0.39, 0.29) is 11.1 Å². The molecule has 0 aliphatic rings. The summed E-state index contributed by atoms with van der Waals surface area (Å²) in [5.74, 6) is -0.552. The number of benzene rings is 1. The summed E-state index contributed by atoms with van der Waals surface area (Å²) in [5.41, 5.74) is 1.48. The number of nitrogens with one attached hydrogen (secondary N) is 1. The lowest BCUT2D eigenvalue weighted by molar-refractivity contribution is 0.619. The molecule has 88 valence electrons. The van der Waals surface area contributed by atoms with E-state index < -0.39 is 5.82 Å². The molecule has 1 N–H and O–H groups in total. The summed E-state index contributed by atoms with van der Waals surface area (Å²) in [5, 5.41) is 3.40. The number of nitrogens with zero attached hydrogens (tertiary/aromatic N) is 2. The predicted octanol–water partition coefficient (Wildman–Crippen LogP) is 3.97. The van der Waals surface area contributed by atoms with Crippen molar-refractivity contribution in [2.45, 2.75) is 6.92 Å². The summed E-state index contributed by atoms with van der Waals surface area (Å²) < 4.78 is 13.4. The van der Waals surface area contributed by atoms with Crippen molar-refractivity contribution in [3.8, 4) is 0 Å². The number of hydrogen-bond acceptors (Lipinski definition) is 3. The zero-order valence-electron chi connectivity index (χ0n) is 8.84. The molecule has 1 heterocycles. The van der Waals surface area contributed by atoms with Gasteiger partial charge in [-0.15, -0.1) is 0 Å². The van der Waals surface area contributed by atoms with Crippen molar-refractivity contribution in [1.82, 2.24) is 9.97 Å². The highest BCUT2D eigenvalue weighted by atomic mass is 35.5. The van der Waals surface area contributed by atoms with E-state index in [2.05, 4.69) is 15.3 Å². The fraction of sp³-hybridized carbons (Fsp3) is 0.0909. The molecule has 0 radical (unpaired) electrons. The Morgan fingerprint density at radius 1 is 1.29 bits per heavy atom. The average Bonchev–Trinajstić information content (AvgIpc) is 2.30. The third-order valence-corrected chi connectivity index (χ3v) is 2.83. The molecule has 0 bridgehead atoms. The molecular formula is C11H8Cl2FN3. The monoisotopic (exact) mass is 271 g/mol. The Balaban J connectivity index is 2.38. The van der Waals surface area contributed by atoms with Gasteiger partial charge in [0.1, 0.15) is 0 Å². The van der Waals surface area contributed by atoms with E-state index in [0.29, 0.717) is 10.7 Å². The van der Waals surface area contributed by atoms with Crippen molar-refractivity contribution in [3.05, 3.63) is 46.1 Å². The van der Waals surface area contributed by atoms with Gasteiger partial charge >= 0.3 is 0 Å². The average molecular weight is 272 g/mol. The first kappa shape index (κ1) is 12.1. The fourth-order valence-electron chi connectivity index (χ4n) is 1.30. The van der Waals surface area contributed by atoms with Gasteiger partial charge in [-0.25, -0.2) is 9.37 Å². The molecular weight excluding hydrogens is 264 g/mol.